The van der Waals surface area contributed by atoms with E-state index in [1.54, 1.807) is 47.4 Å². The minimum atomic E-state index is -0.441. The molecule has 172 valence electrons. The van der Waals surface area contributed by atoms with Crippen LogP contribution in [0.15, 0.2) is 77.4 Å². The minimum Gasteiger partial charge on any atom is -0.465 e. The Hall–Kier alpha value is -4.53. The number of tetrazole rings is 1. The van der Waals surface area contributed by atoms with E-state index in [-0.39, 0.29) is 11.6 Å². The second-order valence-corrected chi connectivity index (χ2v) is 7.33. The topological polar surface area (TPSA) is 106 Å². The first-order chi connectivity index (χ1) is 16.6. The van der Waals surface area contributed by atoms with Crippen LogP contribution in [-0.2, 0) is 4.79 Å². The molecule has 9 nitrogen and oxygen atoms in total. The van der Waals surface area contributed by atoms with E-state index in [4.69, 9.17) is 4.42 Å². The second-order valence-electron chi connectivity index (χ2n) is 7.33. The van der Waals surface area contributed by atoms with E-state index in [0.717, 1.165) is 5.56 Å². The van der Waals surface area contributed by atoms with Crippen LogP contribution in [0.1, 0.15) is 30.0 Å². The van der Waals surface area contributed by atoms with Crippen molar-refractivity contribution in [1.82, 2.24) is 25.1 Å². The van der Waals surface area contributed by atoms with E-state index in [2.05, 4.69) is 20.8 Å². The molecular weight excluding hydrogens is 432 g/mol. The fraction of sp³-hybridized carbons (Fsp3) is 0.160. The van der Waals surface area contributed by atoms with Crippen LogP contribution in [0.4, 0.5) is 5.69 Å². The van der Waals surface area contributed by atoms with Crippen LogP contribution in [0.5, 0.6) is 0 Å². The molecule has 4 aromatic rings. The number of hydrogen-bond acceptors (Lipinski definition) is 6. The summed E-state index contributed by atoms with van der Waals surface area (Å²) in [6.07, 6.45) is 3.08. The van der Waals surface area contributed by atoms with E-state index >= 15 is 0 Å². The quantitative estimate of drug-likeness (QED) is 0.401. The Morgan fingerprint density at radius 1 is 1.00 bits per heavy atom. The van der Waals surface area contributed by atoms with Crippen molar-refractivity contribution in [3.05, 3.63) is 84.3 Å². The number of benzene rings is 2. The van der Waals surface area contributed by atoms with Gasteiger partial charge in [-0.2, -0.15) is 4.68 Å². The molecule has 4 rings (SSSR count). The second kappa shape index (κ2) is 10.4. The van der Waals surface area contributed by atoms with Crippen molar-refractivity contribution in [2.45, 2.75) is 13.8 Å². The summed E-state index contributed by atoms with van der Waals surface area (Å²) in [6, 6.07) is 19.6. The molecule has 2 aromatic carbocycles. The lowest BCUT2D eigenvalue weighted by Gasteiger charge is -2.18. The summed E-state index contributed by atoms with van der Waals surface area (Å²) < 4.78 is 6.78. The normalized spacial score (nSPS) is 11.3. The molecule has 0 aliphatic carbocycles. The number of amides is 2. The molecule has 0 spiro atoms. The molecule has 1 N–H and O–H groups in total. The lowest BCUT2D eigenvalue weighted by molar-refractivity contribution is -0.111. The van der Waals surface area contributed by atoms with E-state index in [1.165, 1.54) is 10.9 Å². The summed E-state index contributed by atoms with van der Waals surface area (Å²) in [5.41, 5.74) is 2.01. The average molecular weight is 457 g/mol. The van der Waals surface area contributed by atoms with Crippen LogP contribution >= 0.6 is 0 Å². The fourth-order valence-corrected chi connectivity index (χ4v) is 3.43. The molecule has 0 radical (unpaired) electrons. The van der Waals surface area contributed by atoms with Gasteiger partial charge < -0.3 is 14.6 Å². The molecule has 0 saturated carbocycles. The Morgan fingerprint density at radius 3 is 2.38 bits per heavy atom. The number of anilines is 1. The molecular formula is C25H24N6O3. The Balaban J connectivity index is 1.63. The smallest absolute Gasteiger partial charge is 0.274 e. The molecule has 0 aliphatic rings. The van der Waals surface area contributed by atoms with Crippen LogP contribution in [0.2, 0.25) is 0 Å². The Labute approximate surface area is 196 Å². The van der Waals surface area contributed by atoms with E-state index < -0.39 is 5.91 Å². The molecule has 0 aliphatic heterocycles. The highest BCUT2D eigenvalue weighted by Gasteiger charge is 2.20. The first kappa shape index (κ1) is 22.7. The Kier molecular flexibility index (Phi) is 6.92. The number of carbonyl (C=O) groups is 2. The monoisotopic (exact) mass is 456 g/mol. The van der Waals surface area contributed by atoms with Gasteiger partial charge in [0.25, 0.3) is 11.8 Å². The summed E-state index contributed by atoms with van der Waals surface area (Å²) in [6.45, 7) is 5.13. The van der Waals surface area contributed by atoms with Gasteiger partial charge in [-0.05, 0) is 60.7 Å². The summed E-state index contributed by atoms with van der Waals surface area (Å²) >= 11 is 0. The summed E-state index contributed by atoms with van der Waals surface area (Å²) in [7, 11) is 0. The van der Waals surface area contributed by atoms with Gasteiger partial charge in [-0.25, -0.2) is 0 Å². The Bertz CT molecular complexity index is 1270. The van der Waals surface area contributed by atoms with Gasteiger partial charge in [0.1, 0.15) is 11.5 Å². The van der Waals surface area contributed by atoms with E-state index in [1.807, 2.05) is 44.2 Å². The van der Waals surface area contributed by atoms with Gasteiger partial charge in [-0.1, -0.05) is 30.3 Å². The maximum atomic E-state index is 13.3. The highest BCUT2D eigenvalue weighted by molar-refractivity contribution is 6.24. The zero-order valence-corrected chi connectivity index (χ0v) is 18.9. The lowest BCUT2D eigenvalue weighted by Crippen LogP contribution is -2.30. The van der Waals surface area contributed by atoms with Crippen LogP contribution in [0.3, 0.4) is 0 Å². The van der Waals surface area contributed by atoms with Gasteiger partial charge in [0.05, 0.1) is 6.26 Å². The van der Waals surface area contributed by atoms with Crippen molar-refractivity contribution in [1.29, 1.82) is 0 Å². The third kappa shape index (κ3) is 4.93. The van der Waals surface area contributed by atoms with Gasteiger partial charge in [0.15, 0.2) is 5.82 Å². The van der Waals surface area contributed by atoms with Gasteiger partial charge in [-0.15, -0.1) is 5.10 Å². The van der Waals surface area contributed by atoms with Crippen molar-refractivity contribution in [2.24, 2.45) is 0 Å². The first-order valence-electron chi connectivity index (χ1n) is 10.9. The number of aromatic nitrogens is 4. The van der Waals surface area contributed by atoms with Crippen molar-refractivity contribution < 1.29 is 14.0 Å². The van der Waals surface area contributed by atoms with E-state index in [0.29, 0.717) is 35.9 Å². The molecule has 34 heavy (non-hydrogen) atoms. The molecule has 2 heterocycles. The summed E-state index contributed by atoms with van der Waals surface area (Å²) in [5.74, 6) is 0.389. The predicted molar refractivity (Wildman–Crippen MR) is 128 cm³/mol. The van der Waals surface area contributed by atoms with Gasteiger partial charge in [0, 0.05) is 36.0 Å². The molecule has 0 unspecified atom stereocenters. The zero-order chi connectivity index (χ0) is 23.9. The standard InChI is InChI=1S/C25H24N6O3/c1-3-30(4-2)25(33)19-12-14-20(15-13-19)26-24(32)22(17-21-11-8-16-34-21)31-23(27-28-29-31)18-9-6-5-7-10-18/h5-17H,3-4H2,1-2H3,(H,26,32)/b22-17-. The Morgan fingerprint density at radius 2 is 1.74 bits per heavy atom. The SMILES string of the molecule is CCN(CC)C(=O)c1ccc(NC(=O)/C(=C/c2ccco2)n2nnnc2-c2ccccc2)cc1. The number of nitrogens with one attached hydrogen (secondary N) is 1. The average Bonchev–Trinajstić information content (AvgIpc) is 3.56. The minimum absolute atomic E-state index is 0.0533. The molecule has 0 bridgehead atoms. The largest absolute Gasteiger partial charge is 0.465 e. The number of nitrogens with zero attached hydrogens (tertiary/aromatic N) is 5. The number of carbonyl (C=O) groups excluding carboxylic acids is 2. The third-order valence-electron chi connectivity index (χ3n) is 5.22. The molecule has 0 fully saturated rings. The highest BCUT2D eigenvalue weighted by atomic mass is 16.3. The lowest BCUT2D eigenvalue weighted by atomic mass is 10.1. The van der Waals surface area contributed by atoms with Crippen LogP contribution in [0, 0.1) is 0 Å². The predicted octanol–water partition coefficient (Wildman–Crippen LogP) is 4.05. The molecule has 0 saturated heterocycles. The molecule has 2 amide bonds. The maximum Gasteiger partial charge on any atom is 0.274 e. The maximum absolute atomic E-state index is 13.3. The summed E-state index contributed by atoms with van der Waals surface area (Å²) in [4.78, 5) is 27.6. The number of hydrogen-bond donors (Lipinski definition) is 1. The van der Waals surface area contributed by atoms with Crippen molar-refractivity contribution in [2.75, 3.05) is 18.4 Å². The van der Waals surface area contributed by atoms with Crippen LogP contribution in [0.25, 0.3) is 23.2 Å². The number of furan rings is 1. The molecule has 9 heteroatoms. The van der Waals surface area contributed by atoms with Crippen molar-refractivity contribution in [3.8, 4) is 11.4 Å². The fourth-order valence-electron chi connectivity index (χ4n) is 3.43. The van der Waals surface area contributed by atoms with Gasteiger partial charge >= 0.3 is 0 Å². The van der Waals surface area contributed by atoms with E-state index in [9.17, 15) is 9.59 Å². The first-order valence-corrected chi connectivity index (χ1v) is 10.9. The molecule has 2 aromatic heterocycles. The van der Waals surface area contributed by atoms with Crippen molar-refractivity contribution in [3.63, 3.8) is 0 Å². The highest BCUT2D eigenvalue weighted by Crippen LogP contribution is 2.22. The van der Waals surface area contributed by atoms with Crippen LogP contribution in [-0.4, -0.2) is 50.0 Å². The van der Waals surface area contributed by atoms with Crippen LogP contribution < -0.4 is 5.32 Å². The third-order valence-corrected chi connectivity index (χ3v) is 5.22. The zero-order valence-electron chi connectivity index (χ0n) is 18.9. The van der Waals surface area contributed by atoms with Gasteiger partial charge in [-0.3, -0.25) is 9.59 Å². The number of rotatable bonds is 8. The van der Waals surface area contributed by atoms with Gasteiger partial charge in [0.2, 0.25) is 0 Å². The summed E-state index contributed by atoms with van der Waals surface area (Å²) in [5, 5.41) is 14.8. The molecule has 0 atom stereocenters. The van der Waals surface area contributed by atoms with Crippen molar-refractivity contribution >= 4 is 29.3 Å².